The molecule has 2 rings (SSSR count). The molecule has 2 aromatic rings. The van der Waals surface area contributed by atoms with Gasteiger partial charge in [-0.15, -0.1) is 0 Å². The van der Waals surface area contributed by atoms with Crippen molar-refractivity contribution in [3.63, 3.8) is 0 Å². The zero-order valence-electron chi connectivity index (χ0n) is 8.65. The lowest BCUT2D eigenvalue weighted by Crippen LogP contribution is -2.13. The van der Waals surface area contributed by atoms with E-state index in [2.05, 4.69) is 9.72 Å². The standard InChI is InChI=1S/C10H7F3N2O2/c1-17-9(16)15-5-4-6-2-3-7(10(11,12)13)14-8(6)15/h2-5H,1H3. The molecule has 0 saturated carbocycles. The summed E-state index contributed by atoms with van der Waals surface area (Å²) in [4.78, 5) is 14.7. The Kier molecular flexibility index (Phi) is 2.53. The van der Waals surface area contributed by atoms with Gasteiger partial charge in [-0.2, -0.15) is 13.2 Å². The summed E-state index contributed by atoms with van der Waals surface area (Å²) in [5, 5.41) is 0.434. The third-order valence-electron chi connectivity index (χ3n) is 2.20. The van der Waals surface area contributed by atoms with Gasteiger partial charge in [0.15, 0.2) is 0 Å². The first-order valence-electron chi connectivity index (χ1n) is 4.57. The lowest BCUT2D eigenvalue weighted by molar-refractivity contribution is -0.141. The number of hydrogen-bond donors (Lipinski definition) is 0. The molecular formula is C10H7F3N2O2. The summed E-state index contributed by atoms with van der Waals surface area (Å²) in [5.74, 6) is 0. The van der Waals surface area contributed by atoms with Crippen LogP contribution in [0.4, 0.5) is 18.0 Å². The lowest BCUT2D eigenvalue weighted by Gasteiger charge is -2.06. The summed E-state index contributed by atoms with van der Waals surface area (Å²) < 4.78 is 42.7. The number of carbonyl (C=O) groups excluding carboxylic acids is 1. The number of alkyl halides is 3. The number of pyridine rings is 1. The Morgan fingerprint density at radius 3 is 2.65 bits per heavy atom. The van der Waals surface area contributed by atoms with E-state index in [1.54, 1.807) is 0 Å². The molecule has 7 heteroatoms. The molecule has 0 aromatic carbocycles. The number of fused-ring (bicyclic) bond motifs is 1. The van der Waals surface area contributed by atoms with E-state index in [0.717, 1.165) is 17.7 Å². The summed E-state index contributed by atoms with van der Waals surface area (Å²) >= 11 is 0. The van der Waals surface area contributed by atoms with E-state index in [9.17, 15) is 18.0 Å². The van der Waals surface area contributed by atoms with E-state index in [0.29, 0.717) is 5.39 Å². The summed E-state index contributed by atoms with van der Waals surface area (Å²) in [7, 11) is 1.14. The van der Waals surface area contributed by atoms with Gasteiger partial charge in [0, 0.05) is 11.6 Å². The summed E-state index contributed by atoms with van der Waals surface area (Å²) in [6, 6.07) is 3.61. The first-order chi connectivity index (χ1) is 7.93. The third-order valence-corrected chi connectivity index (χ3v) is 2.20. The fraction of sp³-hybridized carbons (Fsp3) is 0.200. The van der Waals surface area contributed by atoms with Gasteiger partial charge in [-0.3, -0.25) is 0 Å². The number of carbonyl (C=O) groups is 1. The Bertz CT molecular complexity index is 574. The second-order valence-corrected chi connectivity index (χ2v) is 3.26. The van der Waals surface area contributed by atoms with Gasteiger partial charge < -0.3 is 4.74 Å². The van der Waals surface area contributed by atoms with Crippen LogP contribution in [0.2, 0.25) is 0 Å². The molecule has 0 fully saturated rings. The summed E-state index contributed by atoms with van der Waals surface area (Å²) in [5.41, 5.74) is -1.12. The van der Waals surface area contributed by atoms with E-state index in [-0.39, 0.29) is 5.65 Å². The monoisotopic (exact) mass is 244 g/mol. The molecule has 0 unspecified atom stereocenters. The van der Waals surface area contributed by atoms with Gasteiger partial charge in [-0.25, -0.2) is 14.3 Å². The Morgan fingerprint density at radius 1 is 1.35 bits per heavy atom. The first-order valence-corrected chi connectivity index (χ1v) is 4.57. The quantitative estimate of drug-likeness (QED) is 0.715. The highest BCUT2D eigenvalue weighted by Crippen LogP contribution is 2.29. The molecule has 0 bridgehead atoms. The average Bonchev–Trinajstić information content (AvgIpc) is 2.69. The maximum absolute atomic E-state index is 12.4. The number of halogens is 3. The third kappa shape index (κ3) is 1.95. The van der Waals surface area contributed by atoms with Crippen LogP contribution in [0.3, 0.4) is 0 Å². The Morgan fingerprint density at radius 2 is 2.06 bits per heavy atom. The molecule has 0 saturated heterocycles. The molecule has 0 aliphatic rings. The number of rotatable bonds is 0. The average molecular weight is 244 g/mol. The van der Waals surface area contributed by atoms with Crippen LogP contribution in [0.5, 0.6) is 0 Å². The zero-order chi connectivity index (χ0) is 12.6. The van der Waals surface area contributed by atoms with Gasteiger partial charge in [-0.1, -0.05) is 0 Å². The largest absolute Gasteiger partial charge is 0.452 e. The van der Waals surface area contributed by atoms with Crippen molar-refractivity contribution < 1.29 is 22.7 Å². The van der Waals surface area contributed by atoms with Crippen molar-refractivity contribution in [2.75, 3.05) is 7.11 Å². The van der Waals surface area contributed by atoms with E-state index in [1.807, 2.05) is 0 Å². The van der Waals surface area contributed by atoms with Crippen molar-refractivity contribution in [2.45, 2.75) is 6.18 Å². The number of ether oxygens (including phenoxy) is 1. The van der Waals surface area contributed by atoms with Gasteiger partial charge >= 0.3 is 12.3 Å². The topological polar surface area (TPSA) is 44.1 Å². The van der Waals surface area contributed by atoms with Crippen LogP contribution < -0.4 is 0 Å². The number of methoxy groups -OCH3 is 1. The fourth-order valence-corrected chi connectivity index (χ4v) is 1.41. The number of hydrogen-bond acceptors (Lipinski definition) is 3. The first kappa shape index (κ1) is 11.4. The molecule has 0 atom stereocenters. The summed E-state index contributed by atoms with van der Waals surface area (Å²) in [6.45, 7) is 0. The van der Waals surface area contributed by atoms with E-state index >= 15 is 0 Å². The van der Waals surface area contributed by atoms with Crippen LogP contribution in [-0.2, 0) is 10.9 Å². The minimum absolute atomic E-state index is 0.0772. The van der Waals surface area contributed by atoms with E-state index in [1.165, 1.54) is 18.3 Å². The minimum Gasteiger partial charge on any atom is -0.452 e. The second-order valence-electron chi connectivity index (χ2n) is 3.26. The highest BCUT2D eigenvalue weighted by Gasteiger charge is 2.33. The van der Waals surface area contributed by atoms with Crippen LogP contribution in [0.25, 0.3) is 11.0 Å². The second kappa shape index (κ2) is 3.76. The summed E-state index contributed by atoms with van der Waals surface area (Å²) in [6.07, 6.45) is -4.02. The van der Waals surface area contributed by atoms with Crippen molar-refractivity contribution in [2.24, 2.45) is 0 Å². The highest BCUT2D eigenvalue weighted by molar-refractivity contribution is 5.86. The molecule has 2 heterocycles. The van der Waals surface area contributed by atoms with Crippen molar-refractivity contribution in [1.29, 1.82) is 0 Å². The molecule has 0 radical (unpaired) electrons. The highest BCUT2D eigenvalue weighted by atomic mass is 19.4. The Hall–Kier alpha value is -2.05. The van der Waals surface area contributed by atoms with Crippen molar-refractivity contribution in [1.82, 2.24) is 9.55 Å². The van der Waals surface area contributed by atoms with Crippen LogP contribution in [0.1, 0.15) is 5.69 Å². The minimum atomic E-state index is -4.54. The van der Waals surface area contributed by atoms with Crippen molar-refractivity contribution in [3.8, 4) is 0 Å². The Balaban J connectivity index is 2.62. The van der Waals surface area contributed by atoms with Crippen LogP contribution in [0, 0.1) is 0 Å². The van der Waals surface area contributed by atoms with Gasteiger partial charge in [-0.05, 0) is 18.2 Å². The van der Waals surface area contributed by atoms with Crippen molar-refractivity contribution in [3.05, 3.63) is 30.1 Å². The molecule has 2 aromatic heterocycles. The predicted molar refractivity (Wildman–Crippen MR) is 52.5 cm³/mol. The number of aromatic nitrogens is 2. The van der Waals surface area contributed by atoms with Crippen LogP contribution in [0.15, 0.2) is 24.4 Å². The van der Waals surface area contributed by atoms with Crippen LogP contribution >= 0.6 is 0 Å². The molecule has 0 aliphatic heterocycles. The van der Waals surface area contributed by atoms with Gasteiger partial charge in [0.2, 0.25) is 0 Å². The van der Waals surface area contributed by atoms with Gasteiger partial charge in [0.25, 0.3) is 0 Å². The Labute approximate surface area is 93.6 Å². The smallest absolute Gasteiger partial charge is 0.433 e. The lowest BCUT2D eigenvalue weighted by atomic mass is 10.3. The molecule has 0 aliphatic carbocycles. The van der Waals surface area contributed by atoms with Crippen molar-refractivity contribution >= 4 is 17.1 Å². The molecule has 0 spiro atoms. The molecule has 0 amide bonds. The molecular weight excluding hydrogens is 237 g/mol. The van der Waals surface area contributed by atoms with Gasteiger partial charge in [0.05, 0.1) is 7.11 Å². The SMILES string of the molecule is COC(=O)n1ccc2ccc(C(F)(F)F)nc21. The maximum Gasteiger partial charge on any atom is 0.433 e. The van der Waals surface area contributed by atoms with E-state index < -0.39 is 18.0 Å². The van der Waals surface area contributed by atoms with Crippen LogP contribution in [-0.4, -0.2) is 22.8 Å². The normalized spacial score (nSPS) is 11.8. The molecule has 0 N–H and O–H groups in total. The molecule has 90 valence electrons. The van der Waals surface area contributed by atoms with E-state index in [4.69, 9.17) is 0 Å². The zero-order valence-corrected chi connectivity index (χ0v) is 8.65. The fourth-order valence-electron chi connectivity index (χ4n) is 1.41. The maximum atomic E-state index is 12.4. The molecule has 17 heavy (non-hydrogen) atoms. The molecule has 4 nitrogen and oxygen atoms in total. The predicted octanol–water partition coefficient (Wildman–Crippen LogP) is 2.67. The number of nitrogens with zero attached hydrogens (tertiary/aromatic N) is 2. The van der Waals surface area contributed by atoms with Gasteiger partial charge in [0.1, 0.15) is 11.3 Å².